The van der Waals surface area contributed by atoms with E-state index in [2.05, 4.69) is 27.2 Å². The number of ether oxygens (including phenoxy) is 2. The van der Waals surface area contributed by atoms with Crippen LogP contribution in [0.3, 0.4) is 0 Å². The number of hydrogen-bond acceptors (Lipinski definition) is 5. The highest BCUT2D eigenvalue weighted by molar-refractivity contribution is 5.94. The minimum Gasteiger partial charge on any atom is -0.497 e. The minimum absolute atomic E-state index is 0.383. The zero-order valence-electron chi connectivity index (χ0n) is 14.9. The predicted molar refractivity (Wildman–Crippen MR) is 98.2 cm³/mol. The maximum atomic E-state index is 6.01. The lowest BCUT2D eigenvalue weighted by Crippen LogP contribution is -2.32. The first-order valence-corrected chi connectivity index (χ1v) is 8.32. The second-order valence-electron chi connectivity index (χ2n) is 5.96. The van der Waals surface area contributed by atoms with Gasteiger partial charge in [-0.25, -0.2) is 0 Å². The first kappa shape index (κ1) is 18.4. The van der Waals surface area contributed by atoms with Crippen LogP contribution in [0.5, 0.6) is 11.5 Å². The van der Waals surface area contributed by atoms with Gasteiger partial charge in [-0.15, -0.1) is 0 Å². The van der Waals surface area contributed by atoms with E-state index in [1.54, 1.807) is 14.2 Å². The van der Waals surface area contributed by atoms with E-state index in [0.717, 1.165) is 37.6 Å². The highest BCUT2D eigenvalue weighted by atomic mass is 16.5. The average molecular weight is 335 g/mol. The van der Waals surface area contributed by atoms with Crippen LogP contribution in [0.1, 0.15) is 6.42 Å². The number of nitrogens with two attached hydrogens (primary N) is 1. The number of benzene rings is 1. The molecular weight excluding hydrogens is 306 g/mol. The zero-order valence-corrected chi connectivity index (χ0v) is 14.9. The van der Waals surface area contributed by atoms with Gasteiger partial charge < -0.3 is 30.3 Å². The number of hydrogen-bond donors (Lipinski definition) is 2. The van der Waals surface area contributed by atoms with E-state index in [4.69, 9.17) is 15.2 Å². The second kappa shape index (κ2) is 9.34. The van der Waals surface area contributed by atoms with Crippen molar-refractivity contribution in [3.63, 3.8) is 0 Å². The number of likely N-dealkylation sites (N-methyl/N-ethyl adjacent to an activating group) is 1. The summed E-state index contributed by atoms with van der Waals surface area (Å²) in [7, 11) is 5.42. The van der Waals surface area contributed by atoms with Crippen molar-refractivity contribution in [2.45, 2.75) is 6.42 Å². The molecule has 1 heterocycles. The Morgan fingerprint density at radius 1 is 1.21 bits per heavy atom. The maximum Gasteiger partial charge on any atom is 0.193 e. The van der Waals surface area contributed by atoms with E-state index in [0.29, 0.717) is 18.3 Å². The summed E-state index contributed by atoms with van der Waals surface area (Å²) in [6.45, 7) is 6.08. The molecule has 7 nitrogen and oxygen atoms in total. The van der Waals surface area contributed by atoms with Crippen LogP contribution in [0.25, 0.3) is 0 Å². The van der Waals surface area contributed by atoms with E-state index < -0.39 is 0 Å². The fourth-order valence-electron chi connectivity index (χ4n) is 2.72. The Bertz CT molecular complexity index is 550. The summed E-state index contributed by atoms with van der Waals surface area (Å²) in [4.78, 5) is 9.23. The van der Waals surface area contributed by atoms with Crippen molar-refractivity contribution in [3.8, 4) is 11.5 Å². The SMILES string of the molecule is COc1ccc(OC)c(NC(N)=NCCN2CCCN(C)CC2)c1. The Kier molecular flexibility index (Phi) is 7.14. The van der Waals surface area contributed by atoms with Gasteiger partial charge in [0.1, 0.15) is 11.5 Å². The largest absolute Gasteiger partial charge is 0.497 e. The van der Waals surface area contributed by atoms with E-state index in [1.807, 2.05) is 18.2 Å². The summed E-state index contributed by atoms with van der Waals surface area (Å²) in [6.07, 6.45) is 1.20. The van der Waals surface area contributed by atoms with Crippen LogP contribution >= 0.6 is 0 Å². The summed E-state index contributed by atoms with van der Waals surface area (Å²) >= 11 is 0. The molecule has 1 aromatic carbocycles. The normalized spacial score (nSPS) is 17.4. The smallest absolute Gasteiger partial charge is 0.193 e. The van der Waals surface area contributed by atoms with Crippen LogP contribution in [-0.4, -0.2) is 76.3 Å². The Morgan fingerprint density at radius 2 is 2.04 bits per heavy atom. The van der Waals surface area contributed by atoms with Crippen molar-refractivity contribution in [1.29, 1.82) is 0 Å². The molecule has 3 N–H and O–H groups in total. The number of anilines is 1. The Morgan fingerprint density at radius 3 is 2.79 bits per heavy atom. The number of rotatable bonds is 6. The van der Waals surface area contributed by atoms with Gasteiger partial charge >= 0.3 is 0 Å². The summed E-state index contributed by atoms with van der Waals surface area (Å²) in [5.41, 5.74) is 6.75. The molecule has 0 spiro atoms. The number of methoxy groups -OCH3 is 2. The van der Waals surface area contributed by atoms with Crippen LogP contribution in [0.4, 0.5) is 5.69 Å². The minimum atomic E-state index is 0.383. The molecule has 134 valence electrons. The third-order valence-electron chi connectivity index (χ3n) is 4.18. The Labute approximate surface area is 144 Å². The first-order chi connectivity index (χ1) is 11.6. The fourth-order valence-corrected chi connectivity index (χ4v) is 2.72. The molecule has 0 bridgehead atoms. The Hall–Kier alpha value is -1.99. The molecule has 1 aromatic rings. The third-order valence-corrected chi connectivity index (χ3v) is 4.18. The standard InChI is InChI=1S/C17H29N5O2/c1-21-8-4-9-22(12-11-21)10-7-19-17(18)20-15-13-14(23-2)5-6-16(15)24-3/h5-6,13H,4,7-12H2,1-3H3,(H3,18,19,20). The van der Waals surface area contributed by atoms with Crippen molar-refractivity contribution >= 4 is 11.6 Å². The first-order valence-electron chi connectivity index (χ1n) is 8.32. The van der Waals surface area contributed by atoms with Crippen LogP contribution in [0, 0.1) is 0 Å². The highest BCUT2D eigenvalue weighted by Crippen LogP contribution is 2.28. The molecule has 0 aromatic heterocycles. The number of nitrogens with zero attached hydrogens (tertiary/aromatic N) is 3. The van der Waals surface area contributed by atoms with Crippen molar-refractivity contribution < 1.29 is 9.47 Å². The van der Waals surface area contributed by atoms with Crippen molar-refractivity contribution in [1.82, 2.24) is 9.80 Å². The number of aliphatic imine (C=N–C) groups is 1. The van der Waals surface area contributed by atoms with Gasteiger partial charge in [-0.3, -0.25) is 4.99 Å². The summed E-state index contributed by atoms with van der Waals surface area (Å²) < 4.78 is 10.6. The zero-order chi connectivity index (χ0) is 17.4. The lowest BCUT2D eigenvalue weighted by molar-refractivity contribution is 0.283. The quantitative estimate of drug-likeness (QED) is 0.598. The van der Waals surface area contributed by atoms with Gasteiger partial charge in [0.2, 0.25) is 0 Å². The molecule has 0 aliphatic carbocycles. The highest BCUT2D eigenvalue weighted by Gasteiger charge is 2.11. The van der Waals surface area contributed by atoms with Crippen molar-refractivity contribution in [3.05, 3.63) is 18.2 Å². The molecule has 0 amide bonds. The molecule has 1 aliphatic rings. The summed E-state index contributed by atoms with van der Waals surface area (Å²) in [6, 6.07) is 5.52. The number of guanidine groups is 1. The predicted octanol–water partition coefficient (Wildman–Crippen LogP) is 1.07. The van der Waals surface area contributed by atoms with Crippen LogP contribution in [-0.2, 0) is 0 Å². The van der Waals surface area contributed by atoms with Gasteiger partial charge in [0.15, 0.2) is 5.96 Å². The van der Waals surface area contributed by atoms with Crippen molar-refractivity contribution in [2.24, 2.45) is 10.7 Å². The molecule has 0 unspecified atom stereocenters. The van der Waals surface area contributed by atoms with Gasteiger partial charge in [-0.2, -0.15) is 0 Å². The molecule has 24 heavy (non-hydrogen) atoms. The summed E-state index contributed by atoms with van der Waals surface area (Å²) in [5.74, 6) is 1.82. The molecule has 0 atom stereocenters. The van der Waals surface area contributed by atoms with Gasteiger partial charge in [0, 0.05) is 25.7 Å². The lowest BCUT2D eigenvalue weighted by atomic mass is 10.2. The molecule has 1 fully saturated rings. The van der Waals surface area contributed by atoms with Crippen LogP contribution in [0.2, 0.25) is 0 Å². The van der Waals surface area contributed by atoms with Gasteiger partial charge in [-0.05, 0) is 38.7 Å². The number of nitrogens with one attached hydrogen (secondary N) is 1. The molecule has 0 radical (unpaired) electrons. The average Bonchev–Trinajstić information content (AvgIpc) is 2.79. The van der Waals surface area contributed by atoms with Gasteiger partial charge in [-0.1, -0.05) is 0 Å². The fraction of sp³-hybridized carbons (Fsp3) is 0.588. The monoisotopic (exact) mass is 335 g/mol. The molecule has 1 saturated heterocycles. The molecule has 2 rings (SSSR count). The van der Waals surface area contributed by atoms with E-state index in [9.17, 15) is 0 Å². The Balaban J connectivity index is 1.87. The van der Waals surface area contributed by atoms with E-state index in [-0.39, 0.29) is 0 Å². The van der Waals surface area contributed by atoms with E-state index in [1.165, 1.54) is 13.0 Å². The topological polar surface area (TPSA) is 75.3 Å². The molecular formula is C17H29N5O2. The van der Waals surface area contributed by atoms with Crippen molar-refractivity contribution in [2.75, 3.05) is 65.9 Å². The van der Waals surface area contributed by atoms with E-state index >= 15 is 0 Å². The summed E-state index contributed by atoms with van der Waals surface area (Å²) in [5, 5.41) is 3.09. The molecule has 1 aliphatic heterocycles. The van der Waals surface area contributed by atoms with Gasteiger partial charge in [0.25, 0.3) is 0 Å². The third kappa shape index (κ3) is 5.58. The molecule has 0 saturated carbocycles. The van der Waals surface area contributed by atoms with Crippen LogP contribution < -0.4 is 20.5 Å². The van der Waals surface area contributed by atoms with Gasteiger partial charge in [0.05, 0.1) is 26.5 Å². The second-order valence-corrected chi connectivity index (χ2v) is 5.96. The molecule has 7 heteroatoms. The van der Waals surface area contributed by atoms with Crippen LogP contribution in [0.15, 0.2) is 23.2 Å². The lowest BCUT2D eigenvalue weighted by Gasteiger charge is -2.19. The maximum absolute atomic E-state index is 6.01.